The lowest BCUT2D eigenvalue weighted by Crippen LogP contribution is -2.15. The normalized spacial score (nSPS) is 11.6. The van der Waals surface area contributed by atoms with E-state index in [4.69, 9.17) is 4.74 Å². The van der Waals surface area contributed by atoms with Gasteiger partial charge in [-0.15, -0.1) is 5.10 Å². The van der Waals surface area contributed by atoms with E-state index < -0.39 is 26.6 Å². The number of ether oxygens (including phenoxy) is 1. The molecule has 2 heterocycles. The zero-order chi connectivity index (χ0) is 20.6. The lowest BCUT2D eigenvalue weighted by Gasteiger charge is -2.06. The lowest BCUT2D eigenvalue weighted by molar-refractivity contribution is 0.415. The number of methoxy groups -OCH3 is 1. The highest BCUT2D eigenvalue weighted by molar-refractivity contribution is 7.92. The van der Waals surface area contributed by atoms with Crippen molar-refractivity contribution in [1.82, 2.24) is 19.6 Å². The number of fused-ring (bicyclic) bond motifs is 1. The smallest absolute Gasteiger partial charge is 0.267 e. The van der Waals surface area contributed by atoms with E-state index in [1.807, 2.05) is 0 Å². The minimum atomic E-state index is -4.37. The predicted molar refractivity (Wildman–Crippen MR) is 99.9 cm³/mol. The number of hydrogen-bond acceptors (Lipinski definition) is 6. The molecular formula is C18H13F2N5O3S. The SMILES string of the molecule is COc1ccc(-c2ccnc3nc(NS(=O)(=O)c4ccc(F)cc4F)nn23)cc1. The molecule has 2 aromatic carbocycles. The van der Waals surface area contributed by atoms with E-state index in [1.165, 1.54) is 10.7 Å². The van der Waals surface area contributed by atoms with Crippen molar-refractivity contribution in [2.24, 2.45) is 0 Å². The molecule has 4 rings (SSSR count). The summed E-state index contributed by atoms with van der Waals surface area (Å²) in [5.41, 5.74) is 1.37. The van der Waals surface area contributed by atoms with Crippen LogP contribution in [0.1, 0.15) is 0 Å². The second-order valence-electron chi connectivity index (χ2n) is 5.89. The van der Waals surface area contributed by atoms with Gasteiger partial charge in [0.2, 0.25) is 0 Å². The van der Waals surface area contributed by atoms with E-state index in [2.05, 4.69) is 19.8 Å². The Morgan fingerprint density at radius 1 is 1.07 bits per heavy atom. The van der Waals surface area contributed by atoms with Crippen molar-refractivity contribution in [2.45, 2.75) is 4.90 Å². The molecule has 0 saturated heterocycles. The van der Waals surface area contributed by atoms with Gasteiger partial charge in [-0.3, -0.25) is 0 Å². The average molecular weight is 417 g/mol. The van der Waals surface area contributed by atoms with Gasteiger partial charge in [-0.2, -0.15) is 9.50 Å². The molecule has 4 aromatic rings. The van der Waals surface area contributed by atoms with Crippen LogP contribution in [0.5, 0.6) is 5.75 Å². The van der Waals surface area contributed by atoms with Crippen LogP contribution in [0.2, 0.25) is 0 Å². The molecule has 0 aliphatic carbocycles. The second kappa shape index (κ2) is 7.09. The first-order chi connectivity index (χ1) is 13.9. The summed E-state index contributed by atoms with van der Waals surface area (Å²) in [7, 11) is -2.81. The van der Waals surface area contributed by atoms with E-state index in [9.17, 15) is 17.2 Å². The van der Waals surface area contributed by atoms with Crippen LogP contribution < -0.4 is 9.46 Å². The van der Waals surface area contributed by atoms with Crippen LogP contribution in [0.15, 0.2) is 59.6 Å². The molecule has 0 bridgehead atoms. The van der Waals surface area contributed by atoms with Crippen LogP contribution in [0, 0.1) is 11.6 Å². The minimum Gasteiger partial charge on any atom is -0.497 e. The highest BCUT2D eigenvalue weighted by Crippen LogP contribution is 2.23. The number of benzene rings is 2. The van der Waals surface area contributed by atoms with Gasteiger partial charge in [0.15, 0.2) is 0 Å². The van der Waals surface area contributed by atoms with Crippen molar-refractivity contribution in [1.29, 1.82) is 0 Å². The third kappa shape index (κ3) is 3.59. The van der Waals surface area contributed by atoms with Crippen molar-refractivity contribution < 1.29 is 21.9 Å². The molecular weight excluding hydrogens is 404 g/mol. The van der Waals surface area contributed by atoms with E-state index in [1.54, 1.807) is 37.4 Å². The molecule has 0 unspecified atom stereocenters. The number of nitrogens with one attached hydrogen (secondary N) is 1. The van der Waals surface area contributed by atoms with Gasteiger partial charge in [-0.1, -0.05) is 0 Å². The average Bonchev–Trinajstić information content (AvgIpc) is 3.09. The molecule has 29 heavy (non-hydrogen) atoms. The maximum atomic E-state index is 13.9. The van der Waals surface area contributed by atoms with E-state index in [-0.39, 0.29) is 11.7 Å². The number of rotatable bonds is 5. The van der Waals surface area contributed by atoms with Gasteiger partial charge in [-0.05, 0) is 42.5 Å². The van der Waals surface area contributed by atoms with Crippen LogP contribution in [0.4, 0.5) is 14.7 Å². The summed E-state index contributed by atoms with van der Waals surface area (Å²) in [6, 6.07) is 11.0. The second-order valence-corrected chi connectivity index (χ2v) is 7.54. The molecule has 148 valence electrons. The molecule has 0 atom stereocenters. The van der Waals surface area contributed by atoms with Gasteiger partial charge in [0.1, 0.15) is 22.3 Å². The van der Waals surface area contributed by atoms with Gasteiger partial charge in [0.25, 0.3) is 21.7 Å². The Kier molecular flexibility index (Phi) is 4.59. The monoisotopic (exact) mass is 417 g/mol. The van der Waals surface area contributed by atoms with Crippen LogP contribution >= 0.6 is 0 Å². The number of hydrogen-bond donors (Lipinski definition) is 1. The molecule has 0 spiro atoms. The Hall–Kier alpha value is -3.60. The number of aromatic nitrogens is 4. The quantitative estimate of drug-likeness (QED) is 0.536. The summed E-state index contributed by atoms with van der Waals surface area (Å²) in [6.07, 6.45) is 1.50. The van der Waals surface area contributed by atoms with Crippen LogP contribution in [-0.4, -0.2) is 35.1 Å². The van der Waals surface area contributed by atoms with Crippen LogP contribution in [0.3, 0.4) is 0 Å². The molecule has 0 fully saturated rings. The Bertz CT molecular complexity index is 1310. The summed E-state index contributed by atoms with van der Waals surface area (Å²) in [5.74, 6) is -1.61. The van der Waals surface area contributed by atoms with E-state index in [0.717, 1.165) is 17.7 Å². The number of halogens is 2. The highest BCUT2D eigenvalue weighted by atomic mass is 32.2. The zero-order valence-corrected chi connectivity index (χ0v) is 15.7. The Morgan fingerprint density at radius 3 is 2.52 bits per heavy atom. The number of nitrogens with zero attached hydrogens (tertiary/aromatic N) is 4. The van der Waals surface area contributed by atoms with Crippen molar-refractivity contribution in [2.75, 3.05) is 11.8 Å². The van der Waals surface area contributed by atoms with Gasteiger partial charge in [-0.25, -0.2) is 26.9 Å². The first kappa shape index (κ1) is 18.7. The van der Waals surface area contributed by atoms with Crippen LogP contribution in [-0.2, 0) is 10.0 Å². The van der Waals surface area contributed by atoms with Crippen molar-refractivity contribution in [3.8, 4) is 17.0 Å². The van der Waals surface area contributed by atoms with E-state index >= 15 is 0 Å². The topological polar surface area (TPSA) is 98.5 Å². The predicted octanol–water partition coefficient (Wildman–Crippen LogP) is 2.88. The molecule has 0 saturated carbocycles. The molecule has 0 radical (unpaired) electrons. The fourth-order valence-corrected chi connectivity index (χ4v) is 3.69. The van der Waals surface area contributed by atoms with Gasteiger partial charge < -0.3 is 4.74 Å². The Labute approximate surface area is 163 Å². The Balaban J connectivity index is 1.72. The maximum Gasteiger partial charge on any atom is 0.267 e. The van der Waals surface area contributed by atoms with Gasteiger partial charge in [0.05, 0.1) is 12.8 Å². The fourth-order valence-electron chi connectivity index (χ4n) is 2.69. The third-order valence-electron chi connectivity index (χ3n) is 4.04. The summed E-state index contributed by atoms with van der Waals surface area (Å²) < 4.78 is 60.4. The number of anilines is 1. The highest BCUT2D eigenvalue weighted by Gasteiger charge is 2.22. The molecule has 11 heteroatoms. The minimum absolute atomic E-state index is 0.135. The number of sulfonamides is 1. The fraction of sp³-hybridized carbons (Fsp3) is 0.0556. The molecule has 2 aromatic heterocycles. The zero-order valence-electron chi connectivity index (χ0n) is 14.9. The molecule has 0 amide bonds. The van der Waals surface area contributed by atoms with E-state index in [0.29, 0.717) is 17.5 Å². The van der Waals surface area contributed by atoms with Gasteiger partial charge in [0, 0.05) is 17.8 Å². The third-order valence-corrected chi connectivity index (χ3v) is 5.40. The molecule has 0 aliphatic rings. The molecule has 0 aliphatic heterocycles. The largest absolute Gasteiger partial charge is 0.497 e. The lowest BCUT2D eigenvalue weighted by atomic mass is 10.1. The van der Waals surface area contributed by atoms with Crippen molar-refractivity contribution in [3.05, 3.63) is 66.4 Å². The van der Waals surface area contributed by atoms with Crippen LogP contribution in [0.25, 0.3) is 17.0 Å². The Morgan fingerprint density at radius 2 is 1.83 bits per heavy atom. The summed E-state index contributed by atoms with van der Waals surface area (Å²) >= 11 is 0. The molecule has 8 nitrogen and oxygen atoms in total. The summed E-state index contributed by atoms with van der Waals surface area (Å²) in [4.78, 5) is 7.36. The first-order valence-electron chi connectivity index (χ1n) is 8.21. The van der Waals surface area contributed by atoms with Crippen molar-refractivity contribution >= 4 is 21.7 Å². The molecule has 1 N–H and O–H groups in total. The van der Waals surface area contributed by atoms with Crippen molar-refractivity contribution in [3.63, 3.8) is 0 Å². The maximum absolute atomic E-state index is 13.9. The standard InChI is InChI=1S/C18H13F2N5O3S/c1-28-13-5-2-11(3-6-13)15-8-9-21-18-22-17(23-25(15)18)24-29(26,27)16-7-4-12(19)10-14(16)20/h2-10H,1H3,(H,23,24). The summed E-state index contributed by atoms with van der Waals surface area (Å²) in [6.45, 7) is 0. The summed E-state index contributed by atoms with van der Waals surface area (Å²) in [5, 5.41) is 4.11. The first-order valence-corrected chi connectivity index (χ1v) is 9.70. The van der Waals surface area contributed by atoms with Gasteiger partial charge >= 0.3 is 0 Å².